The van der Waals surface area contributed by atoms with E-state index in [1.165, 1.54) is 0 Å². The van der Waals surface area contributed by atoms with Gasteiger partial charge >= 0.3 is 0 Å². The van der Waals surface area contributed by atoms with Crippen molar-refractivity contribution in [2.24, 2.45) is 0 Å². The molecule has 0 saturated heterocycles. The third-order valence-corrected chi connectivity index (χ3v) is 3.06. The van der Waals surface area contributed by atoms with E-state index in [1.54, 1.807) is 39.3 Å². The summed E-state index contributed by atoms with van der Waals surface area (Å²) in [6.07, 6.45) is 0.186. The fourth-order valence-corrected chi connectivity index (χ4v) is 1.89. The van der Waals surface area contributed by atoms with E-state index in [9.17, 15) is 4.79 Å². The van der Waals surface area contributed by atoms with Gasteiger partial charge in [-0.1, -0.05) is 6.07 Å². The number of rotatable bonds is 5. The number of carbonyl (C=O) groups is 1. The van der Waals surface area contributed by atoms with Crippen LogP contribution in [0.1, 0.15) is 11.3 Å². The van der Waals surface area contributed by atoms with E-state index >= 15 is 0 Å². The molecule has 1 aromatic heterocycles. The Bertz CT molecular complexity index is 652. The summed E-state index contributed by atoms with van der Waals surface area (Å²) in [4.78, 5) is 12.0. The monoisotopic (exact) mass is 290 g/mol. The first-order chi connectivity index (χ1) is 10.0. The Morgan fingerprint density at radius 2 is 2.05 bits per heavy atom. The quantitative estimate of drug-likeness (QED) is 0.774. The molecule has 0 fully saturated rings. The molecule has 0 aliphatic carbocycles. The lowest BCUT2D eigenvalue weighted by Crippen LogP contribution is -2.15. The molecule has 7 nitrogen and oxygen atoms in total. The van der Waals surface area contributed by atoms with Gasteiger partial charge in [0.25, 0.3) is 0 Å². The minimum absolute atomic E-state index is 0.186. The van der Waals surface area contributed by atoms with E-state index in [0.29, 0.717) is 23.0 Å². The molecule has 1 amide bonds. The Morgan fingerprint density at radius 1 is 1.33 bits per heavy atom. The SMILES string of the molecule is COc1ccc(CC(=O)Nc2n[nH]c(C)c2N)cc1OC. The van der Waals surface area contributed by atoms with Gasteiger partial charge in [-0.25, -0.2) is 0 Å². The van der Waals surface area contributed by atoms with Crippen molar-refractivity contribution >= 4 is 17.4 Å². The van der Waals surface area contributed by atoms with Gasteiger partial charge in [-0.15, -0.1) is 0 Å². The number of nitrogens with one attached hydrogen (secondary N) is 2. The van der Waals surface area contributed by atoms with Gasteiger partial charge in [0.05, 0.1) is 32.0 Å². The molecule has 0 radical (unpaired) electrons. The second-order valence-electron chi connectivity index (χ2n) is 4.53. The molecule has 21 heavy (non-hydrogen) atoms. The molecule has 0 aliphatic rings. The topological polar surface area (TPSA) is 102 Å². The predicted octanol–water partition coefficient (Wildman–Crippen LogP) is 1.50. The van der Waals surface area contributed by atoms with Crippen molar-refractivity contribution in [1.82, 2.24) is 10.2 Å². The number of aromatic nitrogens is 2. The summed E-state index contributed by atoms with van der Waals surface area (Å²) in [6, 6.07) is 5.33. The Hall–Kier alpha value is -2.70. The summed E-state index contributed by atoms with van der Waals surface area (Å²) in [5.74, 6) is 1.34. The van der Waals surface area contributed by atoms with Crippen LogP contribution in [-0.4, -0.2) is 30.3 Å². The number of anilines is 2. The third kappa shape index (κ3) is 3.25. The zero-order valence-electron chi connectivity index (χ0n) is 12.2. The molecule has 2 aromatic rings. The number of amides is 1. The molecular weight excluding hydrogens is 272 g/mol. The second-order valence-corrected chi connectivity index (χ2v) is 4.53. The van der Waals surface area contributed by atoms with E-state index in [2.05, 4.69) is 15.5 Å². The Balaban J connectivity index is 2.07. The highest BCUT2D eigenvalue weighted by Gasteiger charge is 2.12. The Kier molecular flexibility index (Phi) is 4.32. The molecule has 4 N–H and O–H groups in total. The largest absolute Gasteiger partial charge is 0.493 e. The molecule has 7 heteroatoms. The number of aromatic amines is 1. The van der Waals surface area contributed by atoms with Crippen molar-refractivity contribution in [3.8, 4) is 11.5 Å². The minimum atomic E-state index is -0.208. The summed E-state index contributed by atoms with van der Waals surface area (Å²) >= 11 is 0. The van der Waals surface area contributed by atoms with Crippen LogP contribution < -0.4 is 20.5 Å². The van der Waals surface area contributed by atoms with Gasteiger partial charge in [-0.3, -0.25) is 9.89 Å². The summed E-state index contributed by atoms with van der Waals surface area (Å²) < 4.78 is 10.4. The number of aryl methyl sites for hydroxylation is 1. The number of nitrogen functional groups attached to an aromatic ring is 1. The molecule has 0 saturated carbocycles. The third-order valence-electron chi connectivity index (χ3n) is 3.06. The highest BCUT2D eigenvalue weighted by molar-refractivity contribution is 5.94. The first-order valence-corrected chi connectivity index (χ1v) is 6.36. The molecule has 2 rings (SSSR count). The Labute approximate surface area is 122 Å². The van der Waals surface area contributed by atoms with Crippen LogP contribution >= 0.6 is 0 Å². The van der Waals surface area contributed by atoms with Crippen molar-refractivity contribution in [3.63, 3.8) is 0 Å². The average Bonchev–Trinajstić information content (AvgIpc) is 2.79. The van der Waals surface area contributed by atoms with Gasteiger partial charge < -0.3 is 20.5 Å². The maximum atomic E-state index is 12.0. The maximum absolute atomic E-state index is 12.0. The summed E-state index contributed by atoms with van der Waals surface area (Å²) in [5, 5.41) is 9.31. The first-order valence-electron chi connectivity index (χ1n) is 6.36. The van der Waals surface area contributed by atoms with Crippen molar-refractivity contribution in [2.45, 2.75) is 13.3 Å². The van der Waals surface area contributed by atoms with E-state index in [-0.39, 0.29) is 12.3 Å². The fraction of sp³-hybridized carbons (Fsp3) is 0.286. The van der Waals surface area contributed by atoms with Crippen LogP contribution in [0, 0.1) is 6.92 Å². The highest BCUT2D eigenvalue weighted by Crippen LogP contribution is 2.28. The molecule has 0 aliphatic heterocycles. The van der Waals surface area contributed by atoms with Crippen LogP contribution in [0.3, 0.4) is 0 Å². The fourth-order valence-electron chi connectivity index (χ4n) is 1.89. The zero-order chi connectivity index (χ0) is 15.4. The first kappa shape index (κ1) is 14.7. The van der Waals surface area contributed by atoms with Crippen molar-refractivity contribution in [3.05, 3.63) is 29.5 Å². The van der Waals surface area contributed by atoms with Crippen molar-refractivity contribution in [2.75, 3.05) is 25.3 Å². The predicted molar refractivity (Wildman–Crippen MR) is 79.6 cm³/mol. The van der Waals surface area contributed by atoms with Gasteiger partial charge in [0.15, 0.2) is 17.3 Å². The number of H-pyrrole nitrogens is 1. The van der Waals surface area contributed by atoms with Gasteiger partial charge in [0.2, 0.25) is 5.91 Å². The lowest BCUT2D eigenvalue weighted by Gasteiger charge is -2.09. The van der Waals surface area contributed by atoms with E-state index in [1.807, 2.05) is 0 Å². The lowest BCUT2D eigenvalue weighted by molar-refractivity contribution is -0.115. The smallest absolute Gasteiger partial charge is 0.230 e. The van der Waals surface area contributed by atoms with E-state index in [4.69, 9.17) is 15.2 Å². The van der Waals surface area contributed by atoms with Gasteiger partial charge in [-0.2, -0.15) is 5.10 Å². The zero-order valence-corrected chi connectivity index (χ0v) is 12.2. The van der Waals surface area contributed by atoms with Crippen LogP contribution in [0.2, 0.25) is 0 Å². The molecule has 0 bridgehead atoms. The molecular formula is C14H18N4O3. The molecule has 0 atom stereocenters. The molecule has 0 spiro atoms. The number of hydrogen-bond donors (Lipinski definition) is 3. The highest BCUT2D eigenvalue weighted by atomic mass is 16.5. The van der Waals surface area contributed by atoms with E-state index in [0.717, 1.165) is 11.3 Å². The number of benzene rings is 1. The Morgan fingerprint density at radius 3 is 2.62 bits per heavy atom. The summed E-state index contributed by atoms with van der Waals surface area (Å²) in [6.45, 7) is 1.78. The van der Waals surface area contributed by atoms with Crippen molar-refractivity contribution in [1.29, 1.82) is 0 Å². The number of methoxy groups -OCH3 is 2. The molecule has 1 aromatic carbocycles. The number of ether oxygens (including phenoxy) is 2. The van der Waals surface area contributed by atoms with Crippen LogP contribution in [-0.2, 0) is 11.2 Å². The maximum Gasteiger partial charge on any atom is 0.230 e. The minimum Gasteiger partial charge on any atom is -0.493 e. The summed E-state index contributed by atoms with van der Waals surface area (Å²) in [7, 11) is 3.11. The number of carbonyl (C=O) groups excluding carboxylic acids is 1. The van der Waals surface area contributed by atoms with Crippen LogP contribution in [0.5, 0.6) is 11.5 Å². The molecule has 112 valence electrons. The summed E-state index contributed by atoms with van der Waals surface area (Å²) in [5.41, 5.74) is 7.74. The molecule has 1 heterocycles. The van der Waals surface area contributed by atoms with Crippen LogP contribution in [0.15, 0.2) is 18.2 Å². The van der Waals surface area contributed by atoms with Crippen molar-refractivity contribution < 1.29 is 14.3 Å². The normalized spacial score (nSPS) is 10.2. The van der Waals surface area contributed by atoms with Gasteiger partial charge in [-0.05, 0) is 24.6 Å². The van der Waals surface area contributed by atoms with Crippen LogP contribution in [0.4, 0.5) is 11.5 Å². The average molecular weight is 290 g/mol. The number of nitrogens with zero attached hydrogens (tertiary/aromatic N) is 1. The standard InChI is InChI=1S/C14H18N4O3/c1-8-13(15)14(18-17-8)16-12(19)7-9-4-5-10(20-2)11(6-9)21-3/h4-6H,7,15H2,1-3H3,(H2,16,17,18,19). The number of nitrogens with two attached hydrogens (primary N) is 1. The van der Waals surface area contributed by atoms with Gasteiger partial charge in [0.1, 0.15) is 0 Å². The second kappa shape index (κ2) is 6.17. The lowest BCUT2D eigenvalue weighted by atomic mass is 10.1. The van der Waals surface area contributed by atoms with E-state index < -0.39 is 0 Å². The van der Waals surface area contributed by atoms with Crippen LogP contribution in [0.25, 0.3) is 0 Å². The van der Waals surface area contributed by atoms with Gasteiger partial charge in [0, 0.05) is 0 Å². The number of hydrogen-bond acceptors (Lipinski definition) is 5. The molecule has 0 unspecified atom stereocenters.